The number of aryl methyl sites for hydroxylation is 8. The second-order valence-electron chi connectivity index (χ2n) is 12.7. The Kier molecular flexibility index (Phi) is 8.23. The summed E-state index contributed by atoms with van der Waals surface area (Å²) in [6, 6.07) is 41.9. The van der Waals surface area contributed by atoms with Crippen LogP contribution in [-0.2, 0) is 38.4 Å². The van der Waals surface area contributed by atoms with Crippen LogP contribution in [0.3, 0.4) is 0 Å². The first-order valence-corrected chi connectivity index (χ1v) is 17.0. The molecule has 0 radical (unpaired) electrons. The fourth-order valence-corrected chi connectivity index (χ4v) is 6.07. The van der Waals surface area contributed by atoms with Gasteiger partial charge in [-0.1, -0.05) is 114 Å². The SMILES string of the molecule is [2H]C([2H])(Cc1ccc(-c2ccccc2)nc1)c1cc(CCc2ccc(-c3ccccc3)nc2)cc(C([2H])([2H])C([2H])([2H])c2ccc(-c3cc(C)cc(C)c3)nc2)c1. The number of aromatic nitrogens is 3. The molecule has 0 aliphatic carbocycles. The lowest BCUT2D eigenvalue weighted by molar-refractivity contribution is 0.897. The number of hydrogen-bond donors (Lipinski definition) is 0. The van der Waals surface area contributed by atoms with Gasteiger partial charge in [0.2, 0.25) is 0 Å². The molecule has 0 unspecified atom stereocenters. The fourth-order valence-electron chi connectivity index (χ4n) is 6.07. The molecule has 0 aliphatic rings. The quantitative estimate of drug-likeness (QED) is 0.131. The molecule has 50 heavy (non-hydrogen) atoms. The van der Waals surface area contributed by atoms with E-state index in [1.807, 2.05) is 117 Å². The minimum atomic E-state index is -2.55. The van der Waals surface area contributed by atoms with Crippen LogP contribution in [0.4, 0.5) is 0 Å². The maximum Gasteiger partial charge on any atom is 0.0702 e. The van der Waals surface area contributed by atoms with Crippen molar-refractivity contribution in [1.29, 1.82) is 0 Å². The van der Waals surface area contributed by atoms with Gasteiger partial charge >= 0.3 is 0 Å². The Morgan fingerprint density at radius 2 is 0.820 bits per heavy atom. The van der Waals surface area contributed by atoms with Crippen molar-refractivity contribution in [3.8, 4) is 33.8 Å². The first kappa shape index (κ1) is 26.2. The highest BCUT2D eigenvalue weighted by atomic mass is 14.7. The summed E-state index contributed by atoms with van der Waals surface area (Å²) in [6.07, 6.45) is -0.977. The van der Waals surface area contributed by atoms with Crippen LogP contribution in [0.15, 0.2) is 152 Å². The zero-order valence-corrected chi connectivity index (χ0v) is 28.4. The molecule has 0 atom stereocenters. The van der Waals surface area contributed by atoms with Crippen LogP contribution in [0.1, 0.15) is 52.7 Å². The van der Waals surface area contributed by atoms with Crippen LogP contribution in [0.5, 0.6) is 0 Å². The van der Waals surface area contributed by atoms with Crippen molar-refractivity contribution in [3.05, 3.63) is 197 Å². The van der Waals surface area contributed by atoms with E-state index in [1.165, 1.54) is 12.3 Å². The summed E-state index contributed by atoms with van der Waals surface area (Å²) in [5.74, 6) is 0. The molecule has 0 fully saturated rings. The molecular formula is C47H43N3. The molecule has 0 amide bonds. The smallest absolute Gasteiger partial charge is 0.0702 e. The van der Waals surface area contributed by atoms with E-state index < -0.39 is 19.1 Å². The highest BCUT2D eigenvalue weighted by Gasteiger charge is 2.08. The largest absolute Gasteiger partial charge is 0.256 e. The summed E-state index contributed by atoms with van der Waals surface area (Å²) in [6.45, 7) is 4.03. The third kappa shape index (κ3) is 8.67. The molecule has 0 bridgehead atoms. The van der Waals surface area contributed by atoms with Crippen LogP contribution >= 0.6 is 0 Å². The van der Waals surface area contributed by atoms with E-state index in [-0.39, 0.29) is 23.1 Å². The van der Waals surface area contributed by atoms with Gasteiger partial charge in [-0.2, -0.15) is 0 Å². The Bertz CT molecular complexity index is 2400. The lowest BCUT2D eigenvalue weighted by Gasteiger charge is -2.12. The Morgan fingerprint density at radius 1 is 0.380 bits per heavy atom. The number of benzene rings is 4. The average Bonchev–Trinajstić information content (AvgIpc) is 3.20. The minimum absolute atomic E-state index is 0.00252. The number of nitrogens with zero attached hydrogens (tertiary/aromatic N) is 3. The summed E-state index contributed by atoms with van der Waals surface area (Å²) >= 11 is 0. The molecule has 3 heterocycles. The third-order valence-corrected chi connectivity index (χ3v) is 8.61. The van der Waals surface area contributed by atoms with Gasteiger partial charge in [-0.25, -0.2) is 0 Å². The van der Waals surface area contributed by atoms with Gasteiger partial charge < -0.3 is 0 Å². The zero-order valence-electron chi connectivity index (χ0n) is 34.4. The maximum absolute atomic E-state index is 9.33. The fraction of sp³-hybridized carbons (Fsp3) is 0.170. The van der Waals surface area contributed by atoms with Crippen LogP contribution < -0.4 is 0 Å². The predicted molar refractivity (Wildman–Crippen MR) is 207 cm³/mol. The van der Waals surface area contributed by atoms with Crippen molar-refractivity contribution in [3.63, 3.8) is 0 Å². The maximum atomic E-state index is 9.33. The van der Waals surface area contributed by atoms with Crippen molar-refractivity contribution in [2.45, 2.75) is 52.2 Å². The van der Waals surface area contributed by atoms with Gasteiger partial charge in [0, 0.05) is 43.5 Å². The van der Waals surface area contributed by atoms with E-state index in [1.54, 1.807) is 30.5 Å². The molecule has 4 aromatic carbocycles. The van der Waals surface area contributed by atoms with E-state index in [0.29, 0.717) is 29.7 Å². The Labute approximate surface area is 305 Å². The summed E-state index contributed by atoms with van der Waals surface area (Å²) in [7, 11) is 0. The third-order valence-electron chi connectivity index (χ3n) is 8.61. The van der Waals surface area contributed by atoms with Gasteiger partial charge in [0.05, 0.1) is 17.1 Å². The van der Waals surface area contributed by atoms with Crippen molar-refractivity contribution in [2.75, 3.05) is 0 Å². The highest BCUT2D eigenvalue weighted by molar-refractivity contribution is 5.62. The molecule has 0 spiro atoms. The van der Waals surface area contributed by atoms with Crippen LogP contribution in [0, 0.1) is 13.8 Å². The summed E-state index contributed by atoms with van der Waals surface area (Å²) in [5, 5.41) is 0. The van der Waals surface area contributed by atoms with Gasteiger partial charge in [-0.05, 0) is 116 Å². The van der Waals surface area contributed by atoms with Crippen molar-refractivity contribution in [2.24, 2.45) is 0 Å². The van der Waals surface area contributed by atoms with Gasteiger partial charge in [0.25, 0.3) is 0 Å². The Hall–Kier alpha value is -5.67. The number of hydrogen-bond acceptors (Lipinski definition) is 3. The Morgan fingerprint density at radius 3 is 1.36 bits per heavy atom. The molecule has 0 saturated carbocycles. The second-order valence-corrected chi connectivity index (χ2v) is 12.7. The van der Waals surface area contributed by atoms with E-state index in [0.717, 1.165) is 44.8 Å². The molecule has 3 heteroatoms. The normalized spacial score (nSPS) is 13.7. The average molecular weight is 656 g/mol. The lowest BCUT2D eigenvalue weighted by Crippen LogP contribution is -2.00. The summed E-state index contributed by atoms with van der Waals surface area (Å²) in [5.41, 5.74) is 10.2. The standard InChI is InChI=1S/C47H43N3/c1-34-25-35(2)27-44(26-34)47-24-21-38(33-50-47)15-18-41-29-39(16-13-36-19-22-45(48-31-36)42-9-5-3-6-10-42)28-40(30-41)17-14-37-20-23-46(49-32-37)43-11-7-4-8-12-43/h3-12,19-33H,13-18H2,1-2H3/i15D2,16D2,18D2. The van der Waals surface area contributed by atoms with Crippen molar-refractivity contribution < 1.29 is 8.22 Å². The van der Waals surface area contributed by atoms with Gasteiger partial charge in [0.1, 0.15) is 0 Å². The zero-order chi connectivity index (χ0) is 39.5. The first-order chi connectivity index (χ1) is 26.8. The van der Waals surface area contributed by atoms with E-state index in [4.69, 9.17) is 0 Å². The van der Waals surface area contributed by atoms with Gasteiger partial charge in [-0.3, -0.25) is 15.0 Å². The van der Waals surface area contributed by atoms with Crippen molar-refractivity contribution in [1.82, 2.24) is 15.0 Å². The predicted octanol–water partition coefficient (Wildman–Crippen LogP) is 10.8. The summed E-state index contributed by atoms with van der Waals surface area (Å²) in [4.78, 5) is 13.8. The monoisotopic (exact) mass is 655 g/mol. The topological polar surface area (TPSA) is 38.7 Å². The van der Waals surface area contributed by atoms with E-state index in [9.17, 15) is 8.22 Å². The van der Waals surface area contributed by atoms with E-state index >= 15 is 0 Å². The molecular weight excluding hydrogens is 607 g/mol. The first-order valence-electron chi connectivity index (χ1n) is 20.0. The molecule has 3 aromatic heterocycles. The molecule has 3 nitrogen and oxygen atoms in total. The van der Waals surface area contributed by atoms with Crippen molar-refractivity contribution >= 4 is 0 Å². The minimum Gasteiger partial charge on any atom is -0.256 e. The Balaban J connectivity index is 1.20. The lowest BCUT2D eigenvalue weighted by atomic mass is 9.94. The molecule has 0 N–H and O–H groups in total. The van der Waals surface area contributed by atoms with Gasteiger partial charge in [-0.15, -0.1) is 0 Å². The molecule has 0 aliphatic heterocycles. The molecule has 7 aromatic rings. The number of rotatable bonds is 12. The molecule has 246 valence electrons. The number of pyridine rings is 3. The summed E-state index contributed by atoms with van der Waals surface area (Å²) < 4.78 is 55.6. The van der Waals surface area contributed by atoms with Crippen LogP contribution in [-0.4, -0.2) is 15.0 Å². The highest BCUT2D eigenvalue weighted by Crippen LogP contribution is 2.23. The van der Waals surface area contributed by atoms with Crippen LogP contribution in [0.25, 0.3) is 33.8 Å². The second kappa shape index (κ2) is 15.7. The van der Waals surface area contributed by atoms with Crippen LogP contribution in [0.2, 0.25) is 0 Å². The molecule has 0 saturated heterocycles. The molecule has 7 rings (SSSR count). The van der Waals surface area contributed by atoms with Gasteiger partial charge in [0.15, 0.2) is 0 Å². The van der Waals surface area contributed by atoms with E-state index in [2.05, 4.69) is 21.0 Å².